The number of nitrogens with one attached hydrogen (secondary N) is 1. The Hall–Kier alpha value is -2.20. The first kappa shape index (κ1) is 13.2. The highest BCUT2D eigenvalue weighted by Crippen LogP contribution is 2.16. The van der Waals surface area contributed by atoms with Gasteiger partial charge in [0.15, 0.2) is 6.61 Å². The Labute approximate surface area is 115 Å². The molecule has 5 heteroatoms. The molecular formula is C14H12ClNO3. The van der Waals surface area contributed by atoms with E-state index in [1.807, 2.05) is 0 Å². The quantitative estimate of drug-likeness (QED) is 0.845. The summed E-state index contributed by atoms with van der Waals surface area (Å²) in [5, 5.41) is 12.4. The van der Waals surface area contributed by atoms with Crippen molar-refractivity contribution in [2.75, 3.05) is 11.9 Å². The molecular weight excluding hydrogens is 266 g/mol. The molecule has 0 radical (unpaired) electrons. The third-order valence-corrected chi connectivity index (χ3v) is 2.59. The maximum Gasteiger partial charge on any atom is 0.262 e. The molecule has 98 valence electrons. The van der Waals surface area contributed by atoms with Gasteiger partial charge >= 0.3 is 0 Å². The standard InChI is InChI=1S/C14H12ClNO3/c15-10-1-7-13(8-2-10)19-9-14(18)16-11-3-5-12(17)6-4-11/h1-8,17H,9H2,(H,16,18). The molecule has 0 aliphatic carbocycles. The van der Waals surface area contributed by atoms with Crippen LogP contribution in [0.2, 0.25) is 5.02 Å². The number of anilines is 1. The summed E-state index contributed by atoms with van der Waals surface area (Å²) in [4.78, 5) is 11.6. The molecule has 2 aromatic carbocycles. The van der Waals surface area contributed by atoms with E-state index in [9.17, 15) is 4.79 Å². The van der Waals surface area contributed by atoms with Crippen molar-refractivity contribution in [1.82, 2.24) is 0 Å². The van der Waals surface area contributed by atoms with E-state index in [-0.39, 0.29) is 18.3 Å². The van der Waals surface area contributed by atoms with Gasteiger partial charge in [-0.3, -0.25) is 4.79 Å². The van der Waals surface area contributed by atoms with Crippen LogP contribution in [0.15, 0.2) is 48.5 Å². The molecule has 0 heterocycles. The van der Waals surface area contributed by atoms with Crippen molar-refractivity contribution in [3.8, 4) is 11.5 Å². The highest BCUT2D eigenvalue weighted by atomic mass is 35.5. The highest BCUT2D eigenvalue weighted by Gasteiger charge is 2.03. The van der Waals surface area contributed by atoms with Crippen molar-refractivity contribution in [3.63, 3.8) is 0 Å². The van der Waals surface area contributed by atoms with Crippen LogP contribution in [0.25, 0.3) is 0 Å². The molecule has 2 N–H and O–H groups in total. The first-order valence-corrected chi connectivity index (χ1v) is 5.98. The smallest absolute Gasteiger partial charge is 0.262 e. The highest BCUT2D eigenvalue weighted by molar-refractivity contribution is 6.30. The van der Waals surface area contributed by atoms with Crippen molar-refractivity contribution in [3.05, 3.63) is 53.6 Å². The van der Waals surface area contributed by atoms with Crippen molar-refractivity contribution in [2.45, 2.75) is 0 Å². The maximum absolute atomic E-state index is 11.6. The Bertz CT molecular complexity index is 552. The first-order chi connectivity index (χ1) is 9.13. The predicted molar refractivity (Wildman–Crippen MR) is 73.7 cm³/mol. The Balaban J connectivity index is 1.84. The van der Waals surface area contributed by atoms with Crippen molar-refractivity contribution in [1.29, 1.82) is 0 Å². The van der Waals surface area contributed by atoms with E-state index in [0.717, 1.165) is 0 Å². The Kier molecular flexibility index (Phi) is 4.26. The van der Waals surface area contributed by atoms with E-state index in [1.54, 1.807) is 36.4 Å². The van der Waals surface area contributed by atoms with Crippen molar-refractivity contribution < 1.29 is 14.6 Å². The van der Waals surface area contributed by atoms with E-state index in [0.29, 0.717) is 16.5 Å². The van der Waals surface area contributed by atoms with Crippen LogP contribution in [0.5, 0.6) is 11.5 Å². The van der Waals surface area contributed by atoms with E-state index < -0.39 is 0 Å². The van der Waals surface area contributed by atoms with E-state index in [1.165, 1.54) is 12.1 Å². The number of aromatic hydroxyl groups is 1. The van der Waals surface area contributed by atoms with Gasteiger partial charge in [0.1, 0.15) is 11.5 Å². The lowest BCUT2D eigenvalue weighted by molar-refractivity contribution is -0.118. The van der Waals surface area contributed by atoms with Gasteiger partial charge in [-0.2, -0.15) is 0 Å². The second-order valence-electron chi connectivity index (χ2n) is 3.84. The SMILES string of the molecule is O=C(COc1ccc(Cl)cc1)Nc1ccc(O)cc1. The lowest BCUT2D eigenvalue weighted by atomic mass is 10.3. The molecule has 2 aromatic rings. The summed E-state index contributed by atoms with van der Waals surface area (Å²) in [7, 11) is 0. The summed E-state index contributed by atoms with van der Waals surface area (Å²) in [5.41, 5.74) is 0.600. The number of carbonyl (C=O) groups is 1. The Morgan fingerprint density at radius 3 is 2.37 bits per heavy atom. The second kappa shape index (κ2) is 6.11. The number of ether oxygens (including phenoxy) is 1. The number of carbonyl (C=O) groups excluding carboxylic acids is 1. The number of amides is 1. The molecule has 0 fully saturated rings. The van der Waals surface area contributed by atoms with Gasteiger partial charge in [0, 0.05) is 10.7 Å². The van der Waals surface area contributed by atoms with Crippen LogP contribution in [-0.2, 0) is 4.79 Å². The topological polar surface area (TPSA) is 58.6 Å². The zero-order valence-corrected chi connectivity index (χ0v) is 10.7. The van der Waals surface area contributed by atoms with Crippen molar-refractivity contribution in [2.24, 2.45) is 0 Å². The third kappa shape index (κ3) is 4.19. The molecule has 0 aliphatic rings. The van der Waals surface area contributed by atoms with Crippen LogP contribution in [0.4, 0.5) is 5.69 Å². The number of halogens is 1. The fraction of sp³-hybridized carbons (Fsp3) is 0.0714. The largest absolute Gasteiger partial charge is 0.508 e. The molecule has 1 amide bonds. The van der Waals surface area contributed by atoms with Gasteiger partial charge < -0.3 is 15.2 Å². The molecule has 19 heavy (non-hydrogen) atoms. The summed E-state index contributed by atoms with van der Waals surface area (Å²) >= 11 is 5.74. The minimum Gasteiger partial charge on any atom is -0.508 e. The summed E-state index contributed by atoms with van der Waals surface area (Å²) in [5.74, 6) is 0.446. The number of hydrogen-bond acceptors (Lipinski definition) is 3. The van der Waals surface area contributed by atoms with E-state index in [4.69, 9.17) is 21.4 Å². The minimum absolute atomic E-state index is 0.0947. The maximum atomic E-state index is 11.6. The van der Waals surface area contributed by atoms with E-state index in [2.05, 4.69) is 5.32 Å². The minimum atomic E-state index is -0.277. The average Bonchev–Trinajstić information content (AvgIpc) is 2.41. The summed E-state index contributed by atoms with van der Waals surface area (Å²) in [6.07, 6.45) is 0. The third-order valence-electron chi connectivity index (χ3n) is 2.33. The van der Waals surface area contributed by atoms with Crippen LogP contribution in [0.1, 0.15) is 0 Å². The molecule has 0 aliphatic heterocycles. The Morgan fingerprint density at radius 2 is 1.74 bits per heavy atom. The number of rotatable bonds is 4. The first-order valence-electron chi connectivity index (χ1n) is 5.61. The fourth-order valence-electron chi connectivity index (χ4n) is 1.42. The lowest BCUT2D eigenvalue weighted by Gasteiger charge is -2.07. The van der Waals surface area contributed by atoms with Gasteiger partial charge in [-0.05, 0) is 48.5 Å². The second-order valence-corrected chi connectivity index (χ2v) is 4.27. The van der Waals surface area contributed by atoms with Gasteiger partial charge in [0.05, 0.1) is 0 Å². The molecule has 0 spiro atoms. The fourth-order valence-corrected chi connectivity index (χ4v) is 1.55. The predicted octanol–water partition coefficient (Wildman–Crippen LogP) is 3.06. The van der Waals surface area contributed by atoms with Crippen molar-refractivity contribution >= 4 is 23.2 Å². The van der Waals surface area contributed by atoms with Crippen LogP contribution >= 0.6 is 11.6 Å². The lowest BCUT2D eigenvalue weighted by Crippen LogP contribution is -2.20. The molecule has 0 saturated heterocycles. The van der Waals surface area contributed by atoms with Gasteiger partial charge in [-0.25, -0.2) is 0 Å². The van der Waals surface area contributed by atoms with Crippen LogP contribution < -0.4 is 10.1 Å². The molecule has 0 atom stereocenters. The number of benzene rings is 2. The average molecular weight is 278 g/mol. The molecule has 0 saturated carbocycles. The molecule has 0 aromatic heterocycles. The van der Waals surface area contributed by atoms with Crippen LogP contribution in [-0.4, -0.2) is 17.6 Å². The zero-order chi connectivity index (χ0) is 13.7. The zero-order valence-electron chi connectivity index (χ0n) is 9.97. The van der Waals surface area contributed by atoms with Crippen LogP contribution in [0.3, 0.4) is 0 Å². The molecule has 0 unspecified atom stereocenters. The van der Waals surface area contributed by atoms with Gasteiger partial charge in [-0.15, -0.1) is 0 Å². The molecule has 2 rings (SSSR count). The number of hydrogen-bond donors (Lipinski definition) is 2. The molecule has 0 bridgehead atoms. The summed E-state index contributed by atoms with van der Waals surface area (Å²) in [6.45, 7) is -0.0947. The summed E-state index contributed by atoms with van der Waals surface area (Å²) in [6, 6.07) is 13.0. The molecule has 4 nitrogen and oxygen atoms in total. The monoisotopic (exact) mass is 277 g/mol. The Morgan fingerprint density at radius 1 is 1.11 bits per heavy atom. The summed E-state index contributed by atoms with van der Waals surface area (Å²) < 4.78 is 5.30. The van der Waals surface area contributed by atoms with Crippen LogP contribution in [0, 0.1) is 0 Å². The number of phenolic OH excluding ortho intramolecular Hbond substituents is 1. The van der Waals surface area contributed by atoms with Gasteiger partial charge in [0.2, 0.25) is 0 Å². The number of phenols is 1. The van der Waals surface area contributed by atoms with Gasteiger partial charge in [0.25, 0.3) is 5.91 Å². The van der Waals surface area contributed by atoms with Gasteiger partial charge in [-0.1, -0.05) is 11.6 Å². The van der Waals surface area contributed by atoms with E-state index >= 15 is 0 Å². The normalized spacial score (nSPS) is 9.95.